The van der Waals surface area contributed by atoms with Crippen molar-refractivity contribution < 1.29 is 10.2 Å². The molecule has 0 radical (unpaired) electrons. The average molecular weight is 229 g/mol. The number of aryl methyl sites for hydroxylation is 1. The van der Waals surface area contributed by atoms with Crippen LogP contribution in [0.15, 0.2) is 30.9 Å². The molecule has 0 spiro atoms. The maximum atomic E-state index is 10.6. The summed E-state index contributed by atoms with van der Waals surface area (Å²) in [4.78, 5) is 0. The molecule has 0 heterocycles. The highest BCUT2D eigenvalue weighted by Crippen LogP contribution is 2.38. The summed E-state index contributed by atoms with van der Waals surface area (Å²) in [5, 5.41) is 29.4. The molecule has 2 atom stereocenters. The Hall–Kier alpha value is -1.63. The largest absolute Gasteiger partial charge is 0.390 e. The van der Waals surface area contributed by atoms with Crippen LogP contribution in [0.3, 0.4) is 0 Å². The fraction of sp³-hybridized carbons (Fsp3) is 0.357. The maximum Gasteiger partial charge on any atom is 0.119 e. The molecule has 1 aromatic rings. The van der Waals surface area contributed by atoms with Gasteiger partial charge in [-0.25, -0.2) is 0 Å². The summed E-state index contributed by atoms with van der Waals surface area (Å²) < 4.78 is 0. The number of nitrogens with zero attached hydrogens (tertiary/aromatic N) is 1. The molecule has 0 saturated heterocycles. The van der Waals surface area contributed by atoms with Gasteiger partial charge < -0.3 is 10.2 Å². The molecule has 0 fully saturated rings. The zero-order chi connectivity index (χ0) is 12.5. The summed E-state index contributed by atoms with van der Waals surface area (Å²) >= 11 is 0. The van der Waals surface area contributed by atoms with Gasteiger partial charge in [-0.1, -0.05) is 12.1 Å². The van der Waals surface area contributed by atoms with E-state index in [9.17, 15) is 10.2 Å². The molecule has 3 nitrogen and oxygen atoms in total. The Morgan fingerprint density at radius 1 is 1.59 bits per heavy atom. The van der Waals surface area contributed by atoms with Crippen molar-refractivity contribution in [3.63, 3.8) is 0 Å². The summed E-state index contributed by atoms with van der Waals surface area (Å²) in [6.45, 7) is 3.62. The van der Waals surface area contributed by atoms with Crippen LogP contribution in [0.25, 0.3) is 0 Å². The monoisotopic (exact) mass is 229 g/mol. The average Bonchev–Trinajstić information content (AvgIpc) is 2.34. The molecule has 3 heteroatoms. The van der Waals surface area contributed by atoms with Crippen molar-refractivity contribution in [3.05, 3.63) is 47.5 Å². The molecule has 0 aliphatic heterocycles. The first kappa shape index (κ1) is 11.8. The maximum absolute atomic E-state index is 10.6. The lowest BCUT2D eigenvalue weighted by atomic mass is 9.75. The Kier molecular flexibility index (Phi) is 3.01. The van der Waals surface area contributed by atoms with Gasteiger partial charge in [0.15, 0.2) is 0 Å². The SMILES string of the molecule is C=CC[C@@]1(O)c2ccc(C#N)cc2CC[C@H]1O. The van der Waals surface area contributed by atoms with Crippen LogP contribution in [0.5, 0.6) is 0 Å². The number of aliphatic hydroxyl groups is 2. The van der Waals surface area contributed by atoms with E-state index in [0.717, 1.165) is 11.1 Å². The van der Waals surface area contributed by atoms with E-state index < -0.39 is 11.7 Å². The molecule has 1 aliphatic carbocycles. The van der Waals surface area contributed by atoms with E-state index in [0.29, 0.717) is 24.8 Å². The molecule has 88 valence electrons. The standard InChI is InChI=1S/C14H15NO2/c1-2-7-14(17)12-5-3-10(9-15)8-11(12)4-6-13(14)16/h2-3,5,8,13,16-17H,1,4,6-7H2/t13-,14-/m1/s1. The second kappa shape index (κ2) is 4.33. The van der Waals surface area contributed by atoms with Crippen LogP contribution in [-0.2, 0) is 12.0 Å². The first-order valence-corrected chi connectivity index (χ1v) is 5.66. The van der Waals surface area contributed by atoms with E-state index in [-0.39, 0.29) is 0 Å². The number of rotatable bonds is 2. The number of aliphatic hydroxyl groups excluding tert-OH is 1. The Morgan fingerprint density at radius 2 is 2.35 bits per heavy atom. The van der Waals surface area contributed by atoms with Crippen molar-refractivity contribution in [1.82, 2.24) is 0 Å². The van der Waals surface area contributed by atoms with Crippen LogP contribution in [-0.4, -0.2) is 16.3 Å². The molecular weight excluding hydrogens is 214 g/mol. The van der Waals surface area contributed by atoms with Crippen molar-refractivity contribution in [2.45, 2.75) is 31.0 Å². The lowest BCUT2D eigenvalue weighted by Crippen LogP contribution is -2.43. The lowest BCUT2D eigenvalue weighted by Gasteiger charge is -2.38. The van der Waals surface area contributed by atoms with Crippen LogP contribution in [0.2, 0.25) is 0 Å². The fourth-order valence-corrected chi connectivity index (χ4v) is 2.47. The van der Waals surface area contributed by atoms with Gasteiger partial charge in [0.05, 0.1) is 17.7 Å². The van der Waals surface area contributed by atoms with Gasteiger partial charge in [0, 0.05) is 6.42 Å². The lowest BCUT2D eigenvalue weighted by molar-refractivity contribution is -0.0880. The van der Waals surface area contributed by atoms with E-state index in [2.05, 4.69) is 12.6 Å². The van der Waals surface area contributed by atoms with Crippen molar-refractivity contribution in [2.24, 2.45) is 0 Å². The van der Waals surface area contributed by atoms with Crippen molar-refractivity contribution >= 4 is 0 Å². The predicted octanol–water partition coefficient (Wildman–Crippen LogP) is 1.63. The van der Waals surface area contributed by atoms with Gasteiger partial charge in [0.2, 0.25) is 0 Å². The van der Waals surface area contributed by atoms with Gasteiger partial charge in [0.1, 0.15) is 5.60 Å². The smallest absolute Gasteiger partial charge is 0.119 e. The molecule has 0 aromatic heterocycles. The highest BCUT2D eigenvalue weighted by atomic mass is 16.3. The van der Waals surface area contributed by atoms with Crippen LogP contribution < -0.4 is 0 Å². The number of hydrogen-bond donors (Lipinski definition) is 2. The second-order valence-electron chi connectivity index (χ2n) is 4.46. The molecule has 2 N–H and O–H groups in total. The van der Waals surface area contributed by atoms with Crippen molar-refractivity contribution in [2.75, 3.05) is 0 Å². The van der Waals surface area contributed by atoms with E-state index in [1.54, 1.807) is 24.3 Å². The highest BCUT2D eigenvalue weighted by molar-refractivity contribution is 5.43. The molecule has 0 saturated carbocycles. The zero-order valence-electron chi connectivity index (χ0n) is 9.56. The molecule has 0 bridgehead atoms. The molecule has 1 aromatic carbocycles. The summed E-state index contributed by atoms with van der Waals surface area (Å²) in [6.07, 6.45) is 2.34. The topological polar surface area (TPSA) is 64.2 Å². The molecule has 2 rings (SSSR count). The molecule has 17 heavy (non-hydrogen) atoms. The Morgan fingerprint density at radius 3 is 3.00 bits per heavy atom. The fourth-order valence-electron chi connectivity index (χ4n) is 2.47. The van der Waals surface area contributed by atoms with Gasteiger partial charge in [-0.2, -0.15) is 5.26 Å². The van der Waals surface area contributed by atoms with Crippen molar-refractivity contribution in [1.29, 1.82) is 5.26 Å². The van der Waals surface area contributed by atoms with Gasteiger partial charge >= 0.3 is 0 Å². The summed E-state index contributed by atoms with van der Waals surface area (Å²) in [7, 11) is 0. The van der Waals surface area contributed by atoms with Gasteiger partial charge in [-0.05, 0) is 36.1 Å². The van der Waals surface area contributed by atoms with Gasteiger partial charge in [0.25, 0.3) is 0 Å². The van der Waals surface area contributed by atoms with Crippen LogP contribution in [0.1, 0.15) is 29.5 Å². The van der Waals surface area contributed by atoms with Crippen molar-refractivity contribution in [3.8, 4) is 6.07 Å². The normalized spacial score (nSPS) is 27.0. The molecule has 0 amide bonds. The first-order valence-electron chi connectivity index (χ1n) is 5.66. The quantitative estimate of drug-likeness (QED) is 0.757. The predicted molar refractivity (Wildman–Crippen MR) is 64.2 cm³/mol. The minimum Gasteiger partial charge on any atom is -0.390 e. The van der Waals surface area contributed by atoms with Crippen LogP contribution in [0, 0.1) is 11.3 Å². The molecule has 1 aliphatic rings. The Balaban J connectivity index is 2.53. The number of fused-ring (bicyclic) bond motifs is 1. The summed E-state index contributed by atoms with van der Waals surface area (Å²) in [5.41, 5.74) is 0.985. The first-order chi connectivity index (χ1) is 8.11. The zero-order valence-corrected chi connectivity index (χ0v) is 9.56. The number of benzene rings is 1. The Labute approximate surface area is 101 Å². The van der Waals surface area contributed by atoms with E-state index in [4.69, 9.17) is 5.26 Å². The van der Waals surface area contributed by atoms with Crippen LogP contribution in [0.4, 0.5) is 0 Å². The third-order valence-electron chi connectivity index (χ3n) is 3.39. The third-order valence-corrected chi connectivity index (χ3v) is 3.39. The van der Waals surface area contributed by atoms with E-state index >= 15 is 0 Å². The van der Waals surface area contributed by atoms with Gasteiger partial charge in [-0.15, -0.1) is 6.58 Å². The summed E-state index contributed by atoms with van der Waals surface area (Å²) in [6, 6.07) is 7.28. The highest BCUT2D eigenvalue weighted by Gasteiger charge is 2.40. The number of nitriles is 1. The van der Waals surface area contributed by atoms with Gasteiger partial charge in [-0.3, -0.25) is 0 Å². The Bertz CT molecular complexity index is 489. The minimum absolute atomic E-state index is 0.313. The minimum atomic E-state index is -1.26. The molecular formula is C14H15NO2. The summed E-state index contributed by atoms with van der Waals surface area (Å²) in [5.74, 6) is 0. The van der Waals surface area contributed by atoms with E-state index in [1.165, 1.54) is 0 Å². The number of hydrogen-bond acceptors (Lipinski definition) is 3. The van der Waals surface area contributed by atoms with E-state index in [1.807, 2.05) is 0 Å². The van der Waals surface area contributed by atoms with Crippen LogP contribution >= 0.6 is 0 Å². The second-order valence-corrected chi connectivity index (χ2v) is 4.46. The molecule has 0 unspecified atom stereocenters. The third kappa shape index (κ3) is 1.86.